The summed E-state index contributed by atoms with van der Waals surface area (Å²) in [6.45, 7) is 1.55. The van der Waals surface area contributed by atoms with Gasteiger partial charge in [0, 0.05) is 0 Å². The van der Waals surface area contributed by atoms with Crippen LogP contribution in [0, 0.1) is 0 Å². The molecule has 0 aliphatic carbocycles. The van der Waals surface area contributed by atoms with E-state index >= 15 is 0 Å². The van der Waals surface area contributed by atoms with Crippen molar-refractivity contribution < 1.29 is 24.2 Å². The Labute approximate surface area is 172 Å². The lowest BCUT2D eigenvalue weighted by molar-refractivity contribution is -0.129. The molecule has 0 saturated heterocycles. The Morgan fingerprint density at radius 2 is 1.66 bits per heavy atom. The van der Waals surface area contributed by atoms with Gasteiger partial charge in [-0.1, -0.05) is 75.8 Å². The average molecular weight is 408 g/mol. The van der Waals surface area contributed by atoms with Gasteiger partial charge in [-0.15, -0.1) is 0 Å². The van der Waals surface area contributed by atoms with Crippen LogP contribution in [0.2, 0.25) is 0 Å². The molecule has 0 aliphatic heterocycles. The molecule has 1 rings (SSSR count). The van der Waals surface area contributed by atoms with Gasteiger partial charge in [-0.25, -0.2) is 4.79 Å². The molecule has 162 valence electrons. The smallest absolute Gasteiger partial charge is 0.408 e. The van der Waals surface area contributed by atoms with Crippen molar-refractivity contribution in [3.63, 3.8) is 0 Å². The Hall–Kier alpha value is -2.61. The van der Waals surface area contributed by atoms with Crippen molar-refractivity contribution in [2.75, 3.05) is 6.61 Å². The molecule has 3 amide bonds. The molecule has 0 aromatic heterocycles. The first-order valence-electron chi connectivity index (χ1n) is 10.2. The van der Waals surface area contributed by atoms with Crippen molar-refractivity contribution >= 4 is 17.9 Å². The quantitative estimate of drug-likeness (QED) is 0.350. The van der Waals surface area contributed by atoms with Crippen LogP contribution in [0.15, 0.2) is 30.3 Å². The molecule has 0 fully saturated rings. The highest BCUT2D eigenvalue weighted by Gasteiger charge is 2.25. The van der Waals surface area contributed by atoms with Gasteiger partial charge < -0.3 is 26.2 Å². The largest absolute Gasteiger partial charge is 0.445 e. The molecule has 2 atom stereocenters. The van der Waals surface area contributed by atoms with Gasteiger partial charge in [0.2, 0.25) is 11.8 Å². The second kappa shape index (κ2) is 14.4. The zero-order chi connectivity index (χ0) is 21.5. The number of hydrogen-bond acceptors (Lipinski definition) is 5. The molecule has 0 heterocycles. The number of aliphatic hydroxyl groups is 1. The molecule has 8 nitrogen and oxygen atoms in total. The molecule has 0 radical (unpaired) electrons. The van der Waals surface area contributed by atoms with Crippen LogP contribution >= 0.6 is 0 Å². The lowest BCUT2D eigenvalue weighted by atomic mass is 10.0. The van der Waals surface area contributed by atoms with Gasteiger partial charge in [-0.3, -0.25) is 9.59 Å². The Morgan fingerprint density at radius 3 is 2.28 bits per heavy atom. The van der Waals surface area contributed by atoms with E-state index in [1.807, 2.05) is 18.2 Å². The van der Waals surface area contributed by atoms with Crippen LogP contribution in [0.5, 0.6) is 0 Å². The zero-order valence-electron chi connectivity index (χ0n) is 17.1. The van der Waals surface area contributed by atoms with Crippen molar-refractivity contribution in [3.05, 3.63) is 35.9 Å². The molecule has 8 heteroatoms. The number of carbonyl (C=O) groups is 3. The van der Waals surface area contributed by atoms with Crippen LogP contribution in [-0.2, 0) is 20.9 Å². The van der Waals surface area contributed by atoms with Gasteiger partial charge in [0.05, 0.1) is 6.61 Å². The fourth-order valence-electron chi connectivity index (χ4n) is 2.79. The second-order valence-electron chi connectivity index (χ2n) is 6.96. The van der Waals surface area contributed by atoms with Gasteiger partial charge in [0.15, 0.2) is 0 Å². The van der Waals surface area contributed by atoms with E-state index in [2.05, 4.69) is 17.6 Å². The molecule has 0 saturated carbocycles. The molecule has 29 heavy (non-hydrogen) atoms. The van der Waals surface area contributed by atoms with Gasteiger partial charge in [-0.05, 0) is 12.0 Å². The molecular formula is C21H33N3O5. The fraction of sp³-hybridized carbons (Fsp3) is 0.571. The molecule has 5 N–H and O–H groups in total. The van der Waals surface area contributed by atoms with Crippen molar-refractivity contribution in [3.8, 4) is 0 Å². The summed E-state index contributed by atoms with van der Waals surface area (Å²) in [6, 6.07) is 6.99. The van der Waals surface area contributed by atoms with Crippen LogP contribution in [0.1, 0.15) is 57.4 Å². The number of alkyl carbamates (subject to hydrolysis) is 1. The van der Waals surface area contributed by atoms with E-state index in [1.165, 1.54) is 6.42 Å². The SMILES string of the molecule is CCCCCCCC[C@@H](NC(=O)[C@H](CO)NC(=O)OCc1ccccc1)C(N)=O. The van der Waals surface area contributed by atoms with Crippen molar-refractivity contribution in [2.24, 2.45) is 5.73 Å². The number of benzene rings is 1. The first kappa shape index (κ1) is 24.4. The van der Waals surface area contributed by atoms with Crippen LogP contribution < -0.4 is 16.4 Å². The van der Waals surface area contributed by atoms with Crippen LogP contribution in [-0.4, -0.2) is 41.7 Å². The van der Waals surface area contributed by atoms with Crippen LogP contribution in [0.4, 0.5) is 4.79 Å². The number of nitrogens with two attached hydrogens (primary N) is 1. The summed E-state index contributed by atoms with van der Waals surface area (Å²) in [5.74, 6) is -1.32. The zero-order valence-corrected chi connectivity index (χ0v) is 17.1. The van der Waals surface area contributed by atoms with Gasteiger partial charge in [-0.2, -0.15) is 0 Å². The second-order valence-corrected chi connectivity index (χ2v) is 6.96. The minimum Gasteiger partial charge on any atom is -0.445 e. The standard InChI is InChI=1S/C21H33N3O5/c1-2-3-4-5-6-10-13-17(19(22)26)23-20(27)18(14-25)24-21(28)29-15-16-11-8-7-9-12-16/h7-9,11-12,17-18,25H,2-6,10,13-15H2,1H3,(H2,22,26)(H,23,27)(H,24,28)/t17-,18+/m1/s1. The molecule has 0 unspecified atom stereocenters. The topological polar surface area (TPSA) is 131 Å². The number of unbranched alkanes of at least 4 members (excludes halogenated alkanes) is 5. The average Bonchev–Trinajstić information content (AvgIpc) is 2.72. The highest BCUT2D eigenvalue weighted by atomic mass is 16.5. The Morgan fingerprint density at radius 1 is 1.00 bits per heavy atom. The number of aliphatic hydroxyl groups excluding tert-OH is 1. The van der Waals surface area contributed by atoms with Gasteiger partial charge >= 0.3 is 6.09 Å². The Kier molecular flexibility index (Phi) is 12.1. The summed E-state index contributed by atoms with van der Waals surface area (Å²) in [5, 5.41) is 14.2. The lowest BCUT2D eigenvalue weighted by Crippen LogP contribution is -2.54. The summed E-state index contributed by atoms with van der Waals surface area (Å²) in [6.07, 6.45) is 5.84. The number of nitrogens with one attached hydrogen (secondary N) is 2. The highest BCUT2D eigenvalue weighted by molar-refractivity contribution is 5.90. The molecule has 0 spiro atoms. The van der Waals surface area contributed by atoms with E-state index in [1.54, 1.807) is 12.1 Å². The lowest BCUT2D eigenvalue weighted by Gasteiger charge is -2.20. The van der Waals surface area contributed by atoms with Gasteiger partial charge in [0.1, 0.15) is 18.7 Å². The molecule has 1 aromatic carbocycles. The number of ether oxygens (including phenoxy) is 1. The van der Waals surface area contributed by atoms with E-state index < -0.39 is 36.6 Å². The first-order chi connectivity index (χ1) is 14.0. The third-order valence-electron chi connectivity index (χ3n) is 4.51. The summed E-state index contributed by atoms with van der Waals surface area (Å²) < 4.78 is 5.04. The maximum atomic E-state index is 12.3. The molecular weight excluding hydrogens is 374 g/mol. The maximum Gasteiger partial charge on any atom is 0.408 e. The number of amides is 3. The molecule has 0 bridgehead atoms. The van der Waals surface area contributed by atoms with E-state index in [4.69, 9.17) is 10.5 Å². The highest BCUT2D eigenvalue weighted by Crippen LogP contribution is 2.09. The minimum absolute atomic E-state index is 0.0361. The normalized spacial score (nSPS) is 12.6. The molecule has 0 aliphatic rings. The van der Waals surface area contributed by atoms with Crippen LogP contribution in [0.3, 0.4) is 0 Å². The van der Waals surface area contributed by atoms with E-state index in [0.717, 1.165) is 37.7 Å². The van der Waals surface area contributed by atoms with E-state index in [-0.39, 0.29) is 6.61 Å². The van der Waals surface area contributed by atoms with E-state index in [9.17, 15) is 19.5 Å². The number of carbonyl (C=O) groups excluding carboxylic acids is 3. The predicted molar refractivity (Wildman–Crippen MR) is 110 cm³/mol. The van der Waals surface area contributed by atoms with Crippen molar-refractivity contribution in [1.82, 2.24) is 10.6 Å². The van der Waals surface area contributed by atoms with Crippen molar-refractivity contribution in [1.29, 1.82) is 0 Å². The Bertz CT molecular complexity index is 624. The summed E-state index contributed by atoms with van der Waals surface area (Å²) >= 11 is 0. The summed E-state index contributed by atoms with van der Waals surface area (Å²) in [4.78, 5) is 35.8. The Balaban J connectivity index is 2.43. The van der Waals surface area contributed by atoms with E-state index in [0.29, 0.717) is 6.42 Å². The third-order valence-corrected chi connectivity index (χ3v) is 4.51. The van der Waals surface area contributed by atoms with Gasteiger partial charge in [0.25, 0.3) is 0 Å². The molecule has 1 aromatic rings. The number of rotatable bonds is 14. The van der Waals surface area contributed by atoms with Crippen LogP contribution in [0.25, 0.3) is 0 Å². The number of primary amides is 1. The minimum atomic E-state index is -1.23. The summed E-state index contributed by atoms with van der Waals surface area (Å²) in [7, 11) is 0. The number of hydrogen-bond donors (Lipinski definition) is 4. The maximum absolute atomic E-state index is 12.3. The first-order valence-corrected chi connectivity index (χ1v) is 10.2. The summed E-state index contributed by atoms with van der Waals surface area (Å²) in [5.41, 5.74) is 6.17. The van der Waals surface area contributed by atoms with Crippen molar-refractivity contribution in [2.45, 2.75) is 70.6 Å². The predicted octanol–water partition coefficient (Wildman–Crippen LogP) is 1.99. The fourth-order valence-corrected chi connectivity index (χ4v) is 2.79. The third kappa shape index (κ3) is 10.5. The monoisotopic (exact) mass is 407 g/mol.